The van der Waals surface area contributed by atoms with Crippen LogP contribution < -0.4 is 5.32 Å². The maximum atomic E-state index is 12.6. The molecule has 0 radical (unpaired) electrons. The highest BCUT2D eigenvalue weighted by molar-refractivity contribution is 8.00. The Hall–Kier alpha value is -1.92. The number of para-hydroxylation sites is 1. The van der Waals surface area contributed by atoms with Crippen molar-refractivity contribution in [2.75, 3.05) is 11.1 Å². The van der Waals surface area contributed by atoms with Gasteiger partial charge in [0.1, 0.15) is 16.2 Å². The minimum atomic E-state index is 0.0125. The van der Waals surface area contributed by atoms with E-state index in [-0.39, 0.29) is 5.91 Å². The molecule has 0 aliphatic heterocycles. The second kappa shape index (κ2) is 8.21. The van der Waals surface area contributed by atoms with Crippen LogP contribution in [-0.4, -0.2) is 21.6 Å². The lowest BCUT2D eigenvalue weighted by Crippen LogP contribution is -2.16. The van der Waals surface area contributed by atoms with Gasteiger partial charge < -0.3 is 5.32 Å². The normalized spacial score (nSPS) is 16.2. The van der Waals surface area contributed by atoms with Crippen molar-refractivity contribution < 1.29 is 4.79 Å². The van der Waals surface area contributed by atoms with E-state index in [2.05, 4.69) is 35.2 Å². The van der Waals surface area contributed by atoms with E-state index < -0.39 is 0 Å². The number of thiophene rings is 1. The van der Waals surface area contributed by atoms with Crippen LogP contribution in [0.5, 0.6) is 0 Å². The predicted molar refractivity (Wildman–Crippen MR) is 119 cm³/mol. The Morgan fingerprint density at radius 2 is 2.21 bits per heavy atom. The SMILES string of the molecule is CCc1cccc(C)c1NC(=O)CSc1ncnc2sc3c(c12)CC[C@@H](C)C3. The molecular weight excluding hydrogens is 386 g/mol. The summed E-state index contributed by atoms with van der Waals surface area (Å²) in [5, 5.41) is 5.23. The fourth-order valence-corrected chi connectivity index (χ4v) is 6.11. The molecule has 146 valence electrons. The molecule has 4 nitrogen and oxygen atoms in total. The summed E-state index contributed by atoms with van der Waals surface area (Å²) in [6, 6.07) is 6.15. The van der Waals surface area contributed by atoms with Crippen molar-refractivity contribution >= 4 is 44.9 Å². The molecule has 0 bridgehead atoms. The molecule has 1 aliphatic rings. The summed E-state index contributed by atoms with van der Waals surface area (Å²) in [6.07, 6.45) is 5.97. The fourth-order valence-electron chi connectivity index (χ4n) is 3.87. The zero-order valence-corrected chi connectivity index (χ0v) is 18.2. The van der Waals surface area contributed by atoms with Gasteiger partial charge in [-0.3, -0.25) is 4.79 Å². The third kappa shape index (κ3) is 3.80. The number of thioether (sulfide) groups is 1. The van der Waals surface area contributed by atoms with Gasteiger partial charge in [-0.1, -0.05) is 43.8 Å². The van der Waals surface area contributed by atoms with E-state index in [1.165, 1.54) is 39.6 Å². The maximum absolute atomic E-state index is 12.6. The number of amides is 1. The summed E-state index contributed by atoms with van der Waals surface area (Å²) < 4.78 is 0. The fraction of sp³-hybridized carbons (Fsp3) is 0.409. The largest absolute Gasteiger partial charge is 0.325 e. The Labute approximate surface area is 174 Å². The summed E-state index contributed by atoms with van der Waals surface area (Å²) >= 11 is 3.31. The van der Waals surface area contributed by atoms with Crippen LogP contribution in [0.3, 0.4) is 0 Å². The number of fused-ring (bicyclic) bond motifs is 3. The lowest BCUT2D eigenvalue weighted by atomic mass is 9.89. The summed E-state index contributed by atoms with van der Waals surface area (Å²) in [6.45, 7) is 6.46. The number of aromatic nitrogens is 2. The Bertz CT molecular complexity index is 1030. The Morgan fingerprint density at radius 3 is 3.04 bits per heavy atom. The number of carbonyl (C=O) groups excluding carboxylic acids is 1. The first-order chi connectivity index (χ1) is 13.6. The number of rotatable bonds is 5. The quantitative estimate of drug-likeness (QED) is 0.450. The Balaban J connectivity index is 1.53. The van der Waals surface area contributed by atoms with Gasteiger partial charge >= 0.3 is 0 Å². The molecule has 4 rings (SSSR count). The number of benzene rings is 1. The predicted octanol–water partition coefficient (Wildman–Crippen LogP) is 5.42. The average molecular weight is 412 g/mol. The number of hydrogen-bond acceptors (Lipinski definition) is 5. The lowest BCUT2D eigenvalue weighted by Gasteiger charge is -2.18. The zero-order chi connectivity index (χ0) is 19.7. The molecule has 1 aromatic carbocycles. The molecule has 0 fully saturated rings. The van der Waals surface area contributed by atoms with Crippen molar-refractivity contribution in [3.05, 3.63) is 46.1 Å². The molecule has 28 heavy (non-hydrogen) atoms. The summed E-state index contributed by atoms with van der Waals surface area (Å²) in [7, 11) is 0. The number of hydrogen-bond donors (Lipinski definition) is 1. The van der Waals surface area contributed by atoms with Gasteiger partial charge in [0.25, 0.3) is 0 Å². The highest BCUT2D eigenvalue weighted by atomic mass is 32.2. The summed E-state index contributed by atoms with van der Waals surface area (Å²) in [5.41, 5.74) is 4.63. The van der Waals surface area contributed by atoms with Crippen LogP contribution in [0.1, 0.15) is 41.8 Å². The second-order valence-electron chi connectivity index (χ2n) is 7.51. The minimum absolute atomic E-state index is 0.0125. The molecule has 0 saturated heterocycles. The third-order valence-corrected chi connectivity index (χ3v) is 7.55. The van der Waals surface area contributed by atoms with Crippen LogP contribution in [0.2, 0.25) is 0 Å². The smallest absolute Gasteiger partial charge is 0.234 e. The number of nitrogens with one attached hydrogen (secondary N) is 1. The summed E-state index contributed by atoms with van der Waals surface area (Å²) in [4.78, 5) is 24.2. The maximum Gasteiger partial charge on any atom is 0.234 e. The highest BCUT2D eigenvalue weighted by Gasteiger charge is 2.23. The third-order valence-electron chi connectivity index (χ3n) is 5.40. The molecule has 0 spiro atoms. The molecule has 6 heteroatoms. The topological polar surface area (TPSA) is 54.9 Å². The van der Waals surface area contributed by atoms with Gasteiger partial charge in [0.15, 0.2) is 0 Å². The van der Waals surface area contributed by atoms with Crippen LogP contribution in [0.25, 0.3) is 10.2 Å². The van der Waals surface area contributed by atoms with Crippen molar-refractivity contribution in [3.8, 4) is 0 Å². The standard InChI is InChI=1S/C22H25N3OS2/c1-4-15-7-5-6-14(3)20(15)25-18(26)11-27-21-19-16-9-8-13(2)10-17(16)28-22(19)24-12-23-21/h5-7,12-13H,4,8-11H2,1-3H3,(H,25,26)/t13-/m1/s1. The number of carbonyl (C=O) groups is 1. The monoisotopic (exact) mass is 411 g/mol. The van der Waals surface area contributed by atoms with Gasteiger partial charge in [-0.05, 0) is 55.2 Å². The van der Waals surface area contributed by atoms with E-state index in [4.69, 9.17) is 0 Å². The van der Waals surface area contributed by atoms with Crippen LogP contribution in [0.15, 0.2) is 29.6 Å². The van der Waals surface area contributed by atoms with Gasteiger partial charge in [-0.25, -0.2) is 9.97 Å². The van der Waals surface area contributed by atoms with E-state index in [9.17, 15) is 4.79 Å². The molecule has 2 aromatic heterocycles. The first kappa shape index (κ1) is 19.4. The molecule has 0 unspecified atom stereocenters. The molecule has 1 aliphatic carbocycles. The van der Waals surface area contributed by atoms with Crippen molar-refractivity contribution in [3.63, 3.8) is 0 Å². The van der Waals surface area contributed by atoms with Crippen molar-refractivity contribution in [1.82, 2.24) is 9.97 Å². The molecule has 2 heterocycles. The van der Waals surface area contributed by atoms with Crippen molar-refractivity contribution in [1.29, 1.82) is 0 Å². The number of nitrogens with zero attached hydrogens (tertiary/aromatic N) is 2. The molecule has 0 saturated carbocycles. The Kier molecular flexibility index (Phi) is 5.69. The molecule has 1 N–H and O–H groups in total. The second-order valence-corrected chi connectivity index (χ2v) is 9.56. The van der Waals surface area contributed by atoms with Gasteiger partial charge in [0.05, 0.1) is 5.75 Å². The van der Waals surface area contributed by atoms with E-state index in [1.807, 2.05) is 19.1 Å². The highest BCUT2D eigenvalue weighted by Crippen LogP contribution is 2.40. The van der Waals surface area contributed by atoms with Crippen LogP contribution in [-0.2, 0) is 24.1 Å². The van der Waals surface area contributed by atoms with Gasteiger partial charge in [0.2, 0.25) is 5.91 Å². The summed E-state index contributed by atoms with van der Waals surface area (Å²) in [5.74, 6) is 1.10. The van der Waals surface area contributed by atoms with Crippen LogP contribution >= 0.6 is 23.1 Å². The Morgan fingerprint density at radius 1 is 1.36 bits per heavy atom. The van der Waals surface area contributed by atoms with Gasteiger partial charge in [-0.2, -0.15) is 0 Å². The van der Waals surface area contributed by atoms with E-state index in [1.54, 1.807) is 17.7 Å². The lowest BCUT2D eigenvalue weighted by molar-refractivity contribution is -0.113. The molecular formula is C22H25N3OS2. The van der Waals surface area contributed by atoms with Crippen molar-refractivity contribution in [2.45, 2.75) is 51.5 Å². The molecule has 3 aromatic rings. The average Bonchev–Trinajstić information content (AvgIpc) is 3.05. The van der Waals surface area contributed by atoms with E-state index in [0.717, 1.165) is 46.3 Å². The number of anilines is 1. The van der Waals surface area contributed by atoms with Crippen LogP contribution in [0, 0.1) is 12.8 Å². The molecule has 1 atom stereocenters. The van der Waals surface area contributed by atoms with Crippen LogP contribution in [0.4, 0.5) is 5.69 Å². The van der Waals surface area contributed by atoms with E-state index >= 15 is 0 Å². The zero-order valence-electron chi connectivity index (χ0n) is 16.5. The van der Waals surface area contributed by atoms with Crippen molar-refractivity contribution in [2.24, 2.45) is 5.92 Å². The van der Waals surface area contributed by atoms with E-state index in [0.29, 0.717) is 5.75 Å². The van der Waals surface area contributed by atoms with Gasteiger partial charge in [0, 0.05) is 16.0 Å². The first-order valence-corrected chi connectivity index (χ1v) is 11.6. The van der Waals surface area contributed by atoms with Gasteiger partial charge in [-0.15, -0.1) is 11.3 Å². The minimum Gasteiger partial charge on any atom is -0.325 e. The first-order valence-electron chi connectivity index (χ1n) is 9.83. The number of aryl methyl sites for hydroxylation is 3. The molecule has 1 amide bonds.